The maximum atomic E-state index is 4.54. The highest BCUT2D eigenvalue weighted by molar-refractivity contribution is 7.99. The maximum absolute atomic E-state index is 4.54. The van der Waals surface area contributed by atoms with Crippen LogP contribution in [0, 0.1) is 6.92 Å². The third-order valence-electron chi connectivity index (χ3n) is 2.34. The normalized spacial score (nSPS) is 16.8. The minimum absolute atomic E-state index is 0.878. The zero-order chi connectivity index (χ0) is 10.7. The quantitative estimate of drug-likeness (QED) is 0.584. The molecular weight excluding hydrogens is 226 g/mol. The van der Waals surface area contributed by atoms with Crippen molar-refractivity contribution < 1.29 is 0 Å². The van der Waals surface area contributed by atoms with Gasteiger partial charge in [0.15, 0.2) is 5.16 Å². The van der Waals surface area contributed by atoms with Gasteiger partial charge in [0.05, 0.1) is 0 Å². The first-order chi connectivity index (χ1) is 7.29. The summed E-state index contributed by atoms with van der Waals surface area (Å²) < 4.78 is 0. The molecule has 3 nitrogen and oxygen atoms in total. The Hall–Kier alpha value is -0.420. The van der Waals surface area contributed by atoms with Crippen LogP contribution < -0.4 is 4.90 Å². The molecule has 1 aliphatic heterocycles. The van der Waals surface area contributed by atoms with E-state index in [1.165, 1.54) is 11.5 Å². The van der Waals surface area contributed by atoms with Gasteiger partial charge in [0.1, 0.15) is 5.82 Å². The van der Waals surface area contributed by atoms with Gasteiger partial charge in [-0.2, -0.15) is 11.8 Å². The van der Waals surface area contributed by atoms with Gasteiger partial charge in [-0.05, 0) is 13.2 Å². The summed E-state index contributed by atoms with van der Waals surface area (Å²) >= 11 is 3.62. The van der Waals surface area contributed by atoms with Crippen LogP contribution in [-0.4, -0.2) is 40.8 Å². The number of nitrogens with zero attached hydrogens (tertiary/aromatic N) is 3. The molecule has 0 aliphatic carbocycles. The fraction of sp³-hybridized carbons (Fsp3) is 0.600. The lowest BCUT2D eigenvalue weighted by atomic mass is 10.4. The summed E-state index contributed by atoms with van der Waals surface area (Å²) in [4.78, 5) is 11.3. The van der Waals surface area contributed by atoms with Crippen LogP contribution in [0.25, 0.3) is 0 Å². The maximum Gasteiger partial charge on any atom is 0.189 e. The largest absolute Gasteiger partial charge is 0.355 e. The van der Waals surface area contributed by atoms with E-state index in [0.717, 1.165) is 29.8 Å². The SMILES string of the molecule is CSc1nc(C)cc(N2CCSCC2)n1. The first-order valence-electron chi connectivity index (χ1n) is 5.02. The number of hydrogen-bond acceptors (Lipinski definition) is 5. The van der Waals surface area contributed by atoms with Gasteiger partial charge in [0.25, 0.3) is 0 Å². The summed E-state index contributed by atoms with van der Waals surface area (Å²) in [5.74, 6) is 3.50. The second kappa shape index (κ2) is 5.07. The van der Waals surface area contributed by atoms with Crippen molar-refractivity contribution in [2.24, 2.45) is 0 Å². The highest BCUT2D eigenvalue weighted by Crippen LogP contribution is 2.20. The monoisotopic (exact) mass is 241 g/mol. The van der Waals surface area contributed by atoms with E-state index in [1.807, 2.05) is 24.9 Å². The van der Waals surface area contributed by atoms with Crippen LogP contribution in [0.3, 0.4) is 0 Å². The highest BCUT2D eigenvalue weighted by atomic mass is 32.2. The zero-order valence-electron chi connectivity index (χ0n) is 9.06. The van der Waals surface area contributed by atoms with E-state index in [4.69, 9.17) is 0 Å². The van der Waals surface area contributed by atoms with Gasteiger partial charge in [0, 0.05) is 36.4 Å². The summed E-state index contributed by atoms with van der Waals surface area (Å²) in [6, 6.07) is 2.08. The Bertz CT molecular complexity index is 337. The van der Waals surface area contributed by atoms with E-state index in [2.05, 4.69) is 20.9 Å². The smallest absolute Gasteiger partial charge is 0.189 e. The van der Waals surface area contributed by atoms with E-state index in [9.17, 15) is 0 Å². The predicted molar refractivity (Wildman–Crippen MR) is 68.1 cm³/mol. The van der Waals surface area contributed by atoms with Gasteiger partial charge in [-0.1, -0.05) is 11.8 Å². The molecule has 5 heteroatoms. The van der Waals surface area contributed by atoms with Crippen LogP contribution >= 0.6 is 23.5 Å². The Morgan fingerprint density at radius 3 is 2.73 bits per heavy atom. The zero-order valence-corrected chi connectivity index (χ0v) is 10.7. The van der Waals surface area contributed by atoms with E-state index < -0.39 is 0 Å². The fourth-order valence-electron chi connectivity index (χ4n) is 1.57. The van der Waals surface area contributed by atoms with Crippen molar-refractivity contribution in [2.75, 3.05) is 35.8 Å². The Morgan fingerprint density at radius 2 is 2.07 bits per heavy atom. The lowest BCUT2D eigenvalue weighted by Crippen LogP contribution is -2.33. The van der Waals surface area contributed by atoms with Crippen molar-refractivity contribution in [3.05, 3.63) is 11.8 Å². The van der Waals surface area contributed by atoms with E-state index >= 15 is 0 Å². The Balaban J connectivity index is 2.22. The average molecular weight is 241 g/mol. The molecule has 0 bridgehead atoms. The molecular formula is C10H15N3S2. The molecule has 0 N–H and O–H groups in total. The first kappa shape index (κ1) is 11.1. The van der Waals surface area contributed by atoms with Gasteiger partial charge in [-0.25, -0.2) is 9.97 Å². The minimum Gasteiger partial charge on any atom is -0.355 e. The van der Waals surface area contributed by atoms with Crippen LogP contribution in [0.4, 0.5) is 5.82 Å². The minimum atomic E-state index is 0.878. The summed E-state index contributed by atoms with van der Waals surface area (Å²) in [5, 5.41) is 0.878. The Kier molecular flexibility index (Phi) is 3.75. The molecule has 0 unspecified atom stereocenters. The van der Waals surface area contributed by atoms with Crippen LogP contribution in [0.1, 0.15) is 5.69 Å². The van der Waals surface area contributed by atoms with Gasteiger partial charge in [0.2, 0.25) is 0 Å². The number of anilines is 1. The lowest BCUT2D eigenvalue weighted by molar-refractivity contribution is 0.807. The standard InChI is InChI=1S/C10H15N3S2/c1-8-7-9(12-10(11-8)14-2)13-3-5-15-6-4-13/h7H,3-6H2,1-2H3. The van der Waals surface area contributed by atoms with Gasteiger partial charge >= 0.3 is 0 Å². The molecule has 0 amide bonds. The van der Waals surface area contributed by atoms with Crippen molar-refractivity contribution in [2.45, 2.75) is 12.1 Å². The van der Waals surface area contributed by atoms with Crippen molar-refractivity contribution in [1.29, 1.82) is 0 Å². The summed E-state index contributed by atoms with van der Waals surface area (Å²) in [5.41, 5.74) is 1.06. The van der Waals surface area contributed by atoms with Crippen molar-refractivity contribution in [3.63, 3.8) is 0 Å². The number of rotatable bonds is 2. The molecule has 1 saturated heterocycles. The third kappa shape index (κ3) is 2.78. The molecule has 2 heterocycles. The van der Waals surface area contributed by atoms with Gasteiger partial charge in [-0.15, -0.1) is 0 Å². The highest BCUT2D eigenvalue weighted by Gasteiger charge is 2.13. The van der Waals surface area contributed by atoms with Crippen molar-refractivity contribution >= 4 is 29.3 Å². The fourth-order valence-corrected chi connectivity index (χ4v) is 2.89. The molecule has 82 valence electrons. The Morgan fingerprint density at radius 1 is 1.33 bits per heavy atom. The molecule has 0 atom stereocenters. The molecule has 0 radical (unpaired) electrons. The topological polar surface area (TPSA) is 29.0 Å². The molecule has 2 rings (SSSR count). The predicted octanol–water partition coefficient (Wildman–Crippen LogP) is 2.06. The van der Waals surface area contributed by atoms with Crippen LogP contribution in [0.15, 0.2) is 11.2 Å². The van der Waals surface area contributed by atoms with Gasteiger partial charge in [-0.3, -0.25) is 0 Å². The number of thioether (sulfide) groups is 2. The molecule has 0 aromatic carbocycles. The van der Waals surface area contributed by atoms with E-state index in [-0.39, 0.29) is 0 Å². The summed E-state index contributed by atoms with van der Waals surface area (Å²) in [6.45, 7) is 4.24. The molecule has 0 spiro atoms. The van der Waals surface area contributed by atoms with Crippen LogP contribution in [0.2, 0.25) is 0 Å². The third-order valence-corrected chi connectivity index (χ3v) is 3.83. The van der Waals surface area contributed by atoms with Crippen LogP contribution in [-0.2, 0) is 0 Å². The molecule has 1 aromatic rings. The Labute approximate surface area is 99.1 Å². The van der Waals surface area contributed by atoms with E-state index in [1.54, 1.807) is 11.8 Å². The van der Waals surface area contributed by atoms with Gasteiger partial charge < -0.3 is 4.90 Å². The summed E-state index contributed by atoms with van der Waals surface area (Å²) in [6.07, 6.45) is 2.02. The number of aryl methyl sites for hydroxylation is 1. The lowest BCUT2D eigenvalue weighted by Gasteiger charge is -2.27. The second-order valence-electron chi connectivity index (χ2n) is 3.45. The molecule has 1 aromatic heterocycles. The van der Waals surface area contributed by atoms with E-state index in [0.29, 0.717) is 0 Å². The first-order valence-corrected chi connectivity index (χ1v) is 7.40. The molecule has 1 fully saturated rings. The summed E-state index contributed by atoms with van der Waals surface area (Å²) in [7, 11) is 0. The van der Waals surface area contributed by atoms with Crippen molar-refractivity contribution in [3.8, 4) is 0 Å². The number of hydrogen-bond donors (Lipinski definition) is 0. The number of aromatic nitrogens is 2. The van der Waals surface area contributed by atoms with Crippen LogP contribution in [0.5, 0.6) is 0 Å². The molecule has 15 heavy (non-hydrogen) atoms. The second-order valence-corrected chi connectivity index (χ2v) is 5.45. The van der Waals surface area contributed by atoms with Crippen molar-refractivity contribution in [1.82, 2.24) is 9.97 Å². The molecule has 1 aliphatic rings. The molecule has 0 saturated carbocycles. The average Bonchev–Trinajstić information content (AvgIpc) is 2.29.